The van der Waals surface area contributed by atoms with E-state index in [1.807, 2.05) is 60.3 Å². The van der Waals surface area contributed by atoms with Crippen molar-refractivity contribution in [3.8, 4) is 17.4 Å². The molecule has 6 heteroatoms. The van der Waals surface area contributed by atoms with E-state index in [9.17, 15) is 4.79 Å². The van der Waals surface area contributed by atoms with Crippen LogP contribution in [-0.2, 0) is 6.42 Å². The number of anilines is 1. The van der Waals surface area contributed by atoms with Crippen LogP contribution in [0.3, 0.4) is 0 Å². The van der Waals surface area contributed by atoms with E-state index in [1.165, 1.54) is 5.56 Å². The third kappa shape index (κ3) is 4.55. The minimum absolute atomic E-state index is 0.144. The number of benzene rings is 2. The molecule has 0 spiro atoms. The molecule has 2 aromatic carbocycles. The number of aryl methyl sites for hydroxylation is 2. The first-order valence-corrected chi connectivity index (χ1v) is 9.78. The Labute approximate surface area is 175 Å². The molecule has 1 N–H and O–H groups in total. The number of carbonyl (C=O) groups is 1. The summed E-state index contributed by atoms with van der Waals surface area (Å²) >= 11 is 0. The topological polar surface area (TPSA) is 69.0 Å². The molecule has 1 amide bonds. The van der Waals surface area contributed by atoms with Crippen molar-refractivity contribution in [2.75, 3.05) is 5.32 Å². The summed E-state index contributed by atoms with van der Waals surface area (Å²) in [5.74, 6) is 2.29. The summed E-state index contributed by atoms with van der Waals surface area (Å²) < 4.78 is 7.79. The molecule has 0 aliphatic carbocycles. The van der Waals surface area contributed by atoms with E-state index in [-0.39, 0.29) is 5.91 Å². The number of carbonyl (C=O) groups excluding carboxylic acids is 1. The third-order valence-corrected chi connectivity index (χ3v) is 4.63. The van der Waals surface area contributed by atoms with Gasteiger partial charge in [-0.25, -0.2) is 4.98 Å². The molecule has 0 saturated heterocycles. The molecule has 4 rings (SSSR count). The van der Waals surface area contributed by atoms with Gasteiger partial charge >= 0.3 is 0 Å². The molecule has 4 aromatic rings. The minimum atomic E-state index is -0.144. The van der Waals surface area contributed by atoms with E-state index in [1.54, 1.807) is 30.3 Å². The van der Waals surface area contributed by atoms with Crippen molar-refractivity contribution >= 4 is 11.6 Å². The van der Waals surface area contributed by atoms with E-state index in [0.717, 1.165) is 12.2 Å². The highest BCUT2D eigenvalue weighted by atomic mass is 16.5. The van der Waals surface area contributed by atoms with Gasteiger partial charge in [0, 0.05) is 29.7 Å². The Bertz CT molecular complexity index is 1140. The fourth-order valence-electron chi connectivity index (χ4n) is 3.02. The number of ether oxygens (including phenoxy) is 1. The Morgan fingerprint density at radius 3 is 2.37 bits per heavy atom. The highest BCUT2D eigenvalue weighted by Gasteiger charge is 2.08. The molecule has 150 valence electrons. The highest BCUT2D eigenvalue weighted by molar-refractivity contribution is 6.04. The fourth-order valence-corrected chi connectivity index (χ4v) is 3.02. The maximum absolute atomic E-state index is 12.4. The minimum Gasteiger partial charge on any atom is -0.439 e. The maximum Gasteiger partial charge on any atom is 0.255 e. The number of aromatic nitrogens is 3. The average Bonchev–Trinajstić information content (AvgIpc) is 3.30. The van der Waals surface area contributed by atoms with Crippen molar-refractivity contribution < 1.29 is 9.53 Å². The second kappa shape index (κ2) is 8.61. The van der Waals surface area contributed by atoms with Gasteiger partial charge in [-0.15, -0.1) is 0 Å². The summed E-state index contributed by atoms with van der Waals surface area (Å²) in [6, 6.07) is 20.5. The normalized spacial score (nSPS) is 10.6. The number of nitrogens with zero attached hydrogens (tertiary/aromatic N) is 3. The van der Waals surface area contributed by atoms with Gasteiger partial charge in [0.1, 0.15) is 17.4 Å². The zero-order chi connectivity index (χ0) is 20.9. The van der Waals surface area contributed by atoms with Crippen LogP contribution in [-0.4, -0.2) is 20.4 Å². The van der Waals surface area contributed by atoms with Crippen LogP contribution in [0.1, 0.15) is 28.7 Å². The molecule has 0 aliphatic heterocycles. The molecule has 0 aliphatic rings. The van der Waals surface area contributed by atoms with Crippen LogP contribution in [0.15, 0.2) is 79.1 Å². The van der Waals surface area contributed by atoms with E-state index in [2.05, 4.69) is 22.2 Å². The van der Waals surface area contributed by atoms with E-state index in [4.69, 9.17) is 4.74 Å². The Hall–Kier alpha value is -3.93. The zero-order valence-corrected chi connectivity index (χ0v) is 16.9. The van der Waals surface area contributed by atoms with Gasteiger partial charge in [0.05, 0.1) is 0 Å². The van der Waals surface area contributed by atoms with Crippen molar-refractivity contribution in [1.29, 1.82) is 0 Å². The molecule has 0 atom stereocenters. The molecule has 0 unspecified atom stereocenters. The highest BCUT2D eigenvalue weighted by Crippen LogP contribution is 2.23. The number of hydrogen-bond acceptors (Lipinski definition) is 4. The van der Waals surface area contributed by atoms with Crippen molar-refractivity contribution in [2.24, 2.45) is 0 Å². The second-order valence-corrected chi connectivity index (χ2v) is 6.83. The summed E-state index contributed by atoms with van der Waals surface area (Å²) in [5, 5.41) is 2.90. The monoisotopic (exact) mass is 398 g/mol. The van der Waals surface area contributed by atoms with Crippen LogP contribution in [0.25, 0.3) is 5.82 Å². The molecule has 6 nitrogen and oxygen atoms in total. The predicted octanol–water partition coefficient (Wildman–Crippen LogP) is 5.18. The number of hydrogen-bond donors (Lipinski definition) is 1. The standard InChI is InChI=1S/C24H22N4O2/c1-3-18-6-8-19(9-7-18)24(29)27-20-10-12-21(13-11-20)30-23-16-22(25-17(2)26-23)28-14-4-5-15-28/h4-16H,3H2,1-2H3,(H,27,29). The van der Waals surface area contributed by atoms with Gasteiger partial charge in [-0.05, 0) is 67.4 Å². The Morgan fingerprint density at radius 2 is 1.70 bits per heavy atom. The lowest BCUT2D eigenvalue weighted by molar-refractivity contribution is 0.102. The lowest BCUT2D eigenvalue weighted by Gasteiger charge is -2.10. The SMILES string of the molecule is CCc1ccc(C(=O)Nc2ccc(Oc3cc(-n4cccc4)nc(C)n3)cc2)cc1. The van der Waals surface area contributed by atoms with Gasteiger partial charge in [0.15, 0.2) is 0 Å². The van der Waals surface area contributed by atoms with E-state index in [0.29, 0.717) is 28.7 Å². The first-order valence-electron chi connectivity index (χ1n) is 9.78. The van der Waals surface area contributed by atoms with Crippen molar-refractivity contribution in [3.05, 3.63) is 96.1 Å². The maximum atomic E-state index is 12.4. The zero-order valence-electron chi connectivity index (χ0n) is 16.9. The van der Waals surface area contributed by atoms with Gasteiger partial charge in [0.2, 0.25) is 5.88 Å². The Kier molecular flexibility index (Phi) is 5.57. The quantitative estimate of drug-likeness (QED) is 0.486. The van der Waals surface area contributed by atoms with Crippen molar-refractivity contribution in [2.45, 2.75) is 20.3 Å². The number of nitrogens with one attached hydrogen (secondary N) is 1. The van der Waals surface area contributed by atoms with Crippen molar-refractivity contribution in [1.82, 2.24) is 14.5 Å². The van der Waals surface area contributed by atoms with Gasteiger partial charge in [-0.3, -0.25) is 4.79 Å². The average molecular weight is 398 g/mol. The number of rotatable bonds is 6. The molecule has 0 radical (unpaired) electrons. The largest absolute Gasteiger partial charge is 0.439 e. The molecule has 0 bridgehead atoms. The first kappa shape index (κ1) is 19.4. The van der Waals surface area contributed by atoms with Crippen LogP contribution >= 0.6 is 0 Å². The molecule has 30 heavy (non-hydrogen) atoms. The summed E-state index contributed by atoms with van der Waals surface area (Å²) in [6.07, 6.45) is 4.78. The predicted molar refractivity (Wildman–Crippen MR) is 116 cm³/mol. The summed E-state index contributed by atoms with van der Waals surface area (Å²) in [7, 11) is 0. The molecular weight excluding hydrogens is 376 g/mol. The van der Waals surface area contributed by atoms with Crippen LogP contribution in [0, 0.1) is 6.92 Å². The van der Waals surface area contributed by atoms with Gasteiger partial charge in [-0.1, -0.05) is 19.1 Å². The Morgan fingerprint density at radius 1 is 1.00 bits per heavy atom. The third-order valence-electron chi connectivity index (χ3n) is 4.63. The van der Waals surface area contributed by atoms with Crippen LogP contribution in [0.2, 0.25) is 0 Å². The van der Waals surface area contributed by atoms with Crippen LogP contribution in [0.5, 0.6) is 11.6 Å². The van der Waals surface area contributed by atoms with Crippen molar-refractivity contribution in [3.63, 3.8) is 0 Å². The number of amides is 1. The molecule has 2 aromatic heterocycles. The molecule has 0 saturated carbocycles. The molecular formula is C24H22N4O2. The summed E-state index contributed by atoms with van der Waals surface area (Å²) in [5.41, 5.74) is 2.52. The second-order valence-electron chi connectivity index (χ2n) is 6.83. The Balaban J connectivity index is 1.44. The lowest BCUT2D eigenvalue weighted by Crippen LogP contribution is -2.11. The summed E-state index contributed by atoms with van der Waals surface area (Å²) in [6.45, 7) is 3.91. The smallest absolute Gasteiger partial charge is 0.255 e. The van der Waals surface area contributed by atoms with Crippen LogP contribution < -0.4 is 10.1 Å². The van der Waals surface area contributed by atoms with E-state index >= 15 is 0 Å². The summed E-state index contributed by atoms with van der Waals surface area (Å²) in [4.78, 5) is 21.2. The van der Waals surface area contributed by atoms with Gasteiger partial charge < -0.3 is 14.6 Å². The van der Waals surface area contributed by atoms with Gasteiger partial charge in [-0.2, -0.15) is 4.98 Å². The van der Waals surface area contributed by atoms with Crippen LogP contribution in [0.4, 0.5) is 5.69 Å². The van der Waals surface area contributed by atoms with E-state index < -0.39 is 0 Å². The van der Waals surface area contributed by atoms with Gasteiger partial charge in [0.25, 0.3) is 5.91 Å². The fraction of sp³-hybridized carbons (Fsp3) is 0.125. The molecule has 2 heterocycles. The molecule has 0 fully saturated rings. The first-order chi connectivity index (χ1) is 14.6. The lowest BCUT2D eigenvalue weighted by atomic mass is 10.1.